The summed E-state index contributed by atoms with van der Waals surface area (Å²) in [6, 6.07) is 0. The fraction of sp³-hybridized carbons (Fsp3) is 0.933. The van der Waals surface area contributed by atoms with Gasteiger partial charge < -0.3 is 10.6 Å². The molecule has 3 heteroatoms. The van der Waals surface area contributed by atoms with Gasteiger partial charge in [0.25, 0.3) is 0 Å². The van der Waals surface area contributed by atoms with Crippen LogP contribution in [0.1, 0.15) is 58.8 Å². The number of hydrogen-bond acceptors (Lipinski definition) is 2. The van der Waals surface area contributed by atoms with Gasteiger partial charge in [0.1, 0.15) is 0 Å². The summed E-state index contributed by atoms with van der Waals surface area (Å²) in [5.74, 6) is 1.54. The second kappa shape index (κ2) is 6.05. The average molecular weight is 252 g/mol. The van der Waals surface area contributed by atoms with Gasteiger partial charge in [-0.15, -0.1) is 0 Å². The minimum atomic E-state index is 0.158. The second-order valence-electron chi connectivity index (χ2n) is 6.30. The zero-order chi connectivity index (χ0) is 13.0. The highest BCUT2D eigenvalue weighted by molar-refractivity contribution is 5.77. The Balaban J connectivity index is 1.76. The van der Waals surface area contributed by atoms with Gasteiger partial charge in [0, 0.05) is 12.0 Å². The monoisotopic (exact) mass is 252 g/mol. The summed E-state index contributed by atoms with van der Waals surface area (Å²) >= 11 is 0. The van der Waals surface area contributed by atoms with Crippen LogP contribution in [0, 0.1) is 11.8 Å². The van der Waals surface area contributed by atoms with Crippen molar-refractivity contribution in [2.45, 2.75) is 64.3 Å². The molecule has 18 heavy (non-hydrogen) atoms. The standard InChI is InChI=1S/C15H28N2O/c1-3-15(7-4-8-15)17-14(18)11-12(2)13-5-9-16-10-6-13/h12-13,16H,3-11H2,1-2H3,(H,17,18). The van der Waals surface area contributed by atoms with Crippen molar-refractivity contribution < 1.29 is 4.79 Å². The molecule has 0 aromatic heterocycles. The molecule has 2 fully saturated rings. The van der Waals surface area contributed by atoms with E-state index in [4.69, 9.17) is 0 Å². The van der Waals surface area contributed by atoms with Crippen molar-refractivity contribution in [1.82, 2.24) is 10.6 Å². The summed E-state index contributed by atoms with van der Waals surface area (Å²) in [5, 5.41) is 6.68. The highest BCUT2D eigenvalue weighted by Crippen LogP contribution is 2.35. The van der Waals surface area contributed by atoms with Crippen LogP contribution in [-0.2, 0) is 4.79 Å². The fourth-order valence-corrected chi connectivity index (χ4v) is 3.39. The fourth-order valence-electron chi connectivity index (χ4n) is 3.39. The average Bonchev–Trinajstić information content (AvgIpc) is 2.35. The number of carbonyl (C=O) groups is 1. The Bertz CT molecular complexity index is 275. The molecule has 2 aliphatic rings. The van der Waals surface area contributed by atoms with Crippen molar-refractivity contribution in [3.8, 4) is 0 Å². The molecule has 1 unspecified atom stereocenters. The molecule has 0 aromatic carbocycles. The van der Waals surface area contributed by atoms with E-state index in [2.05, 4.69) is 24.5 Å². The Labute approximate surface area is 111 Å². The topological polar surface area (TPSA) is 41.1 Å². The molecule has 2 rings (SSSR count). The molecule has 104 valence electrons. The Kier molecular flexibility index (Phi) is 4.66. The SMILES string of the molecule is CCC1(NC(=O)CC(C)C2CCNCC2)CCC1. The van der Waals surface area contributed by atoms with Crippen molar-refractivity contribution >= 4 is 5.91 Å². The number of nitrogens with one attached hydrogen (secondary N) is 2. The molecule has 1 saturated heterocycles. The summed E-state index contributed by atoms with van der Waals surface area (Å²) in [5.41, 5.74) is 0.158. The van der Waals surface area contributed by atoms with Gasteiger partial charge in [-0.05, 0) is 63.5 Å². The molecule has 1 amide bonds. The Hall–Kier alpha value is -0.570. The third-order valence-corrected chi connectivity index (χ3v) is 5.09. The Morgan fingerprint density at radius 1 is 1.39 bits per heavy atom. The number of rotatable bonds is 5. The quantitative estimate of drug-likeness (QED) is 0.789. The maximum atomic E-state index is 12.1. The lowest BCUT2D eigenvalue weighted by Crippen LogP contribution is -2.53. The van der Waals surface area contributed by atoms with Crippen molar-refractivity contribution in [3.63, 3.8) is 0 Å². The van der Waals surface area contributed by atoms with E-state index in [1.165, 1.54) is 32.1 Å². The van der Waals surface area contributed by atoms with Gasteiger partial charge in [0.05, 0.1) is 0 Å². The molecule has 0 radical (unpaired) electrons. The molecular formula is C15H28N2O. The Morgan fingerprint density at radius 2 is 2.06 bits per heavy atom. The first kappa shape index (κ1) is 13.9. The van der Waals surface area contributed by atoms with E-state index in [1.807, 2.05) is 0 Å². The van der Waals surface area contributed by atoms with Crippen molar-refractivity contribution in [2.75, 3.05) is 13.1 Å². The van der Waals surface area contributed by atoms with Crippen LogP contribution in [-0.4, -0.2) is 24.5 Å². The summed E-state index contributed by atoms with van der Waals surface area (Å²) < 4.78 is 0. The summed E-state index contributed by atoms with van der Waals surface area (Å²) in [6.07, 6.45) is 7.89. The normalized spacial score (nSPS) is 25.2. The Morgan fingerprint density at radius 3 is 2.56 bits per heavy atom. The third-order valence-electron chi connectivity index (χ3n) is 5.09. The predicted octanol–water partition coefficient (Wildman–Crippen LogP) is 2.46. The van der Waals surface area contributed by atoms with Gasteiger partial charge in [-0.25, -0.2) is 0 Å². The van der Waals surface area contributed by atoms with Crippen LogP contribution in [0.5, 0.6) is 0 Å². The lowest BCUT2D eigenvalue weighted by molar-refractivity contribution is -0.125. The molecule has 3 nitrogen and oxygen atoms in total. The van der Waals surface area contributed by atoms with E-state index in [0.717, 1.165) is 25.4 Å². The molecule has 2 N–H and O–H groups in total. The first-order valence-electron chi connectivity index (χ1n) is 7.67. The maximum absolute atomic E-state index is 12.1. The van der Waals surface area contributed by atoms with Crippen LogP contribution in [0.25, 0.3) is 0 Å². The lowest BCUT2D eigenvalue weighted by Gasteiger charge is -2.42. The first-order chi connectivity index (χ1) is 8.65. The van der Waals surface area contributed by atoms with Crippen LogP contribution in [0.2, 0.25) is 0 Å². The van der Waals surface area contributed by atoms with Gasteiger partial charge in [-0.1, -0.05) is 13.8 Å². The number of amides is 1. The lowest BCUT2D eigenvalue weighted by atomic mass is 9.74. The largest absolute Gasteiger partial charge is 0.351 e. The highest BCUT2D eigenvalue weighted by Gasteiger charge is 2.36. The van der Waals surface area contributed by atoms with E-state index in [1.54, 1.807) is 0 Å². The van der Waals surface area contributed by atoms with Crippen LogP contribution >= 0.6 is 0 Å². The van der Waals surface area contributed by atoms with Crippen LogP contribution in [0.15, 0.2) is 0 Å². The van der Waals surface area contributed by atoms with Gasteiger partial charge >= 0.3 is 0 Å². The molecular weight excluding hydrogens is 224 g/mol. The van der Waals surface area contributed by atoms with E-state index < -0.39 is 0 Å². The van der Waals surface area contributed by atoms with E-state index in [9.17, 15) is 4.79 Å². The second-order valence-corrected chi connectivity index (χ2v) is 6.30. The molecule has 0 aromatic rings. The summed E-state index contributed by atoms with van der Waals surface area (Å²) in [7, 11) is 0. The minimum Gasteiger partial charge on any atom is -0.351 e. The van der Waals surface area contributed by atoms with Gasteiger partial charge in [-0.2, -0.15) is 0 Å². The van der Waals surface area contributed by atoms with E-state index >= 15 is 0 Å². The van der Waals surface area contributed by atoms with Crippen molar-refractivity contribution in [1.29, 1.82) is 0 Å². The molecule has 1 aliphatic carbocycles. The van der Waals surface area contributed by atoms with E-state index in [0.29, 0.717) is 12.3 Å². The van der Waals surface area contributed by atoms with Gasteiger partial charge in [0.2, 0.25) is 5.91 Å². The number of carbonyl (C=O) groups excluding carboxylic acids is 1. The third kappa shape index (κ3) is 3.25. The molecule has 0 spiro atoms. The smallest absolute Gasteiger partial charge is 0.220 e. The van der Waals surface area contributed by atoms with Crippen LogP contribution in [0.3, 0.4) is 0 Å². The maximum Gasteiger partial charge on any atom is 0.220 e. The molecule has 1 heterocycles. The van der Waals surface area contributed by atoms with E-state index in [-0.39, 0.29) is 11.4 Å². The minimum absolute atomic E-state index is 0.158. The highest BCUT2D eigenvalue weighted by atomic mass is 16.1. The van der Waals surface area contributed by atoms with Crippen molar-refractivity contribution in [2.24, 2.45) is 11.8 Å². The number of piperidine rings is 1. The van der Waals surface area contributed by atoms with Crippen LogP contribution in [0.4, 0.5) is 0 Å². The molecule has 0 bridgehead atoms. The predicted molar refractivity (Wildman–Crippen MR) is 74.4 cm³/mol. The van der Waals surface area contributed by atoms with Gasteiger partial charge in [-0.3, -0.25) is 4.79 Å². The molecule has 1 aliphatic heterocycles. The molecule has 1 atom stereocenters. The first-order valence-corrected chi connectivity index (χ1v) is 7.67. The summed E-state index contributed by atoms with van der Waals surface area (Å²) in [4.78, 5) is 12.1. The molecule has 1 saturated carbocycles. The number of hydrogen-bond donors (Lipinski definition) is 2. The van der Waals surface area contributed by atoms with Crippen LogP contribution < -0.4 is 10.6 Å². The zero-order valence-corrected chi connectivity index (χ0v) is 11.9. The zero-order valence-electron chi connectivity index (χ0n) is 11.9. The summed E-state index contributed by atoms with van der Waals surface area (Å²) in [6.45, 7) is 6.68. The van der Waals surface area contributed by atoms with Crippen molar-refractivity contribution in [3.05, 3.63) is 0 Å². The van der Waals surface area contributed by atoms with Gasteiger partial charge in [0.15, 0.2) is 0 Å².